The Morgan fingerprint density at radius 3 is 2.72 bits per heavy atom. The van der Waals surface area contributed by atoms with E-state index < -0.39 is 0 Å². The highest BCUT2D eigenvalue weighted by Gasteiger charge is 2.15. The molecular formula is C21H28N6O2. The fraction of sp³-hybridized carbons (Fsp3) is 0.429. The summed E-state index contributed by atoms with van der Waals surface area (Å²) in [5, 5.41) is 3.13. The fourth-order valence-electron chi connectivity index (χ4n) is 3.37. The fourth-order valence-corrected chi connectivity index (χ4v) is 3.37. The number of likely N-dealkylation sites (N-methyl/N-ethyl adjacent to an activating group) is 1. The third-order valence-electron chi connectivity index (χ3n) is 5.09. The maximum absolute atomic E-state index is 6.09. The highest BCUT2D eigenvalue weighted by molar-refractivity contribution is 5.92. The van der Waals surface area contributed by atoms with E-state index in [4.69, 9.17) is 15.2 Å². The number of fused-ring (bicyclic) bond motifs is 1. The van der Waals surface area contributed by atoms with Gasteiger partial charge in [0, 0.05) is 50.6 Å². The normalized spacial score (nSPS) is 17.7. The molecule has 1 aromatic carbocycles. The zero-order valence-corrected chi connectivity index (χ0v) is 16.8. The molecule has 0 amide bonds. The summed E-state index contributed by atoms with van der Waals surface area (Å²) < 4.78 is 11.4. The highest BCUT2D eigenvalue weighted by Crippen LogP contribution is 2.32. The Morgan fingerprint density at radius 2 is 1.90 bits per heavy atom. The van der Waals surface area contributed by atoms with E-state index in [1.54, 1.807) is 0 Å². The van der Waals surface area contributed by atoms with Crippen molar-refractivity contribution in [2.45, 2.75) is 13.0 Å². The van der Waals surface area contributed by atoms with Crippen LogP contribution in [0.4, 0.5) is 11.5 Å². The van der Waals surface area contributed by atoms with Gasteiger partial charge in [0.15, 0.2) is 17.5 Å². The zero-order valence-electron chi connectivity index (χ0n) is 16.8. The van der Waals surface area contributed by atoms with E-state index in [1.165, 1.54) is 0 Å². The van der Waals surface area contributed by atoms with Crippen molar-refractivity contribution in [1.29, 1.82) is 0 Å². The van der Waals surface area contributed by atoms with Gasteiger partial charge in [-0.3, -0.25) is 0 Å². The molecule has 154 valence electrons. The van der Waals surface area contributed by atoms with Crippen LogP contribution in [0, 0.1) is 0 Å². The Kier molecular flexibility index (Phi) is 6.00. The van der Waals surface area contributed by atoms with Crippen molar-refractivity contribution in [3.63, 3.8) is 0 Å². The predicted molar refractivity (Wildman–Crippen MR) is 115 cm³/mol. The minimum absolute atomic E-state index is 0.359. The molecule has 0 spiro atoms. The van der Waals surface area contributed by atoms with Crippen molar-refractivity contribution in [3.8, 4) is 11.5 Å². The average molecular weight is 396 g/mol. The van der Waals surface area contributed by atoms with Crippen LogP contribution in [0.25, 0.3) is 0 Å². The summed E-state index contributed by atoms with van der Waals surface area (Å²) in [4.78, 5) is 13.6. The van der Waals surface area contributed by atoms with Crippen LogP contribution in [0.5, 0.6) is 11.5 Å². The first-order valence-corrected chi connectivity index (χ1v) is 10.0. The lowest BCUT2D eigenvalue weighted by molar-refractivity contribution is 0.297. The number of aliphatic imine (C=N–C) groups is 1. The van der Waals surface area contributed by atoms with Gasteiger partial charge in [-0.1, -0.05) is 0 Å². The minimum Gasteiger partial charge on any atom is -0.490 e. The quantitative estimate of drug-likeness (QED) is 0.603. The van der Waals surface area contributed by atoms with Crippen molar-refractivity contribution >= 4 is 17.5 Å². The molecule has 29 heavy (non-hydrogen) atoms. The molecule has 3 N–H and O–H groups in total. The lowest BCUT2D eigenvalue weighted by Gasteiger charge is -2.33. The third kappa shape index (κ3) is 5.08. The summed E-state index contributed by atoms with van der Waals surface area (Å²) in [7, 11) is 2.15. The molecule has 0 radical (unpaired) electrons. The van der Waals surface area contributed by atoms with Gasteiger partial charge < -0.3 is 30.3 Å². The molecular weight excluding hydrogens is 368 g/mol. The molecule has 1 aromatic heterocycles. The van der Waals surface area contributed by atoms with Crippen LogP contribution in [0.2, 0.25) is 0 Å². The standard InChI is InChI=1S/C21H28N6O2/c1-26-7-9-27(10-8-26)20-13-16(5-6-23-20)15-24-21(22)25-17-3-4-18-19(14-17)29-12-2-11-28-18/h3-6,13-14H,2,7-12,15H2,1H3,(H3,22,24,25). The number of pyridine rings is 1. The van der Waals surface area contributed by atoms with Crippen LogP contribution in [0.3, 0.4) is 0 Å². The van der Waals surface area contributed by atoms with Crippen LogP contribution in [0.15, 0.2) is 41.5 Å². The average Bonchev–Trinajstić information content (AvgIpc) is 2.98. The van der Waals surface area contributed by atoms with E-state index >= 15 is 0 Å². The summed E-state index contributed by atoms with van der Waals surface area (Å²) in [5.41, 5.74) is 8.00. The van der Waals surface area contributed by atoms with Crippen molar-refractivity contribution in [3.05, 3.63) is 42.1 Å². The summed E-state index contributed by atoms with van der Waals surface area (Å²) in [6.45, 7) is 5.90. The van der Waals surface area contributed by atoms with Crippen LogP contribution in [0.1, 0.15) is 12.0 Å². The number of nitrogens with one attached hydrogen (secondary N) is 1. The number of nitrogens with two attached hydrogens (primary N) is 1. The molecule has 4 rings (SSSR count). The first-order valence-electron chi connectivity index (χ1n) is 10.0. The van der Waals surface area contributed by atoms with Crippen LogP contribution in [-0.4, -0.2) is 62.3 Å². The number of guanidine groups is 1. The van der Waals surface area contributed by atoms with E-state index in [-0.39, 0.29) is 0 Å². The minimum atomic E-state index is 0.359. The molecule has 2 aromatic rings. The van der Waals surface area contributed by atoms with E-state index in [0.717, 1.165) is 61.2 Å². The molecule has 0 saturated carbocycles. The van der Waals surface area contributed by atoms with Crippen molar-refractivity contribution < 1.29 is 9.47 Å². The lowest BCUT2D eigenvalue weighted by atomic mass is 10.2. The first kappa shape index (κ1) is 19.3. The number of hydrogen-bond acceptors (Lipinski definition) is 6. The Labute approximate surface area is 171 Å². The van der Waals surface area contributed by atoms with E-state index in [0.29, 0.717) is 25.7 Å². The molecule has 0 unspecified atom stereocenters. The van der Waals surface area contributed by atoms with Gasteiger partial charge in [-0.25, -0.2) is 9.98 Å². The largest absolute Gasteiger partial charge is 0.490 e. The Balaban J connectivity index is 1.38. The molecule has 0 aliphatic carbocycles. The highest BCUT2D eigenvalue weighted by atomic mass is 16.5. The maximum atomic E-state index is 6.09. The van der Waals surface area contributed by atoms with Gasteiger partial charge in [-0.2, -0.15) is 0 Å². The number of anilines is 2. The van der Waals surface area contributed by atoms with Gasteiger partial charge in [-0.15, -0.1) is 0 Å². The number of piperazine rings is 1. The molecule has 8 heteroatoms. The Bertz CT molecular complexity index is 864. The second-order valence-electron chi connectivity index (χ2n) is 7.35. The van der Waals surface area contributed by atoms with Gasteiger partial charge in [0.2, 0.25) is 0 Å². The number of hydrogen-bond donors (Lipinski definition) is 2. The van der Waals surface area contributed by atoms with E-state index in [2.05, 4.69) is 38.2 Å². The number of ether oxygens (including phenoxy) is 2. The van der Waals surface area contributed by atoms with Gasteiger partial charge in [0.05, 0.1) is 19.8 Å². The Morgan fingerprint density at radius 1 is 1.10 bits per heavy atom. The summed E-state index contributed by atoms with van der Waals surface area (Å²) in [5.74, 6) is 2.85. The third-order valence-corrected chi connectivity index (χ3v) is 5.09. The van der Waals surface area contributed by atoms with Crippen molar-refractivity contribution in [2.24, 2.45) is 10.7 Å². The lowest BCUT2D eigenvalue weighted by Crippen LogP contribution is -2.44. The van der Waals surface area contributed by atoms with Crippen LogP contribution >= 0.6 is 0 Å². The predicted octanol–water partition coefficient (Wildman–Crippen LogP) is 1.92. The zero-order chi connectivity index (χ0) is 20.1. The van der Waals surface area contributed by atoms with Gasteiger partial charge in [-0.05, 0) is 36.9 Å². The molecule has 2 aliphatic rings. The molecule has 1 saturated heterocycles. The SMILES string of the molecule is CN1CCN(c2cc(CN=C(N)Nc3ccc4c(c3)OCCCO4)ccn2)CC1. The number of nitrogens with zero attached hydrogens (tertiary/aromatic N) is 4. The molecule has 0 atom stereocenters. The van der Waals surface area contributed by atoms with Crippen LogP contribution in [-0.2, 0) is 6.54 Å². The summed E-state index contributed by atoms with van der Waals surface area (Å²) in [6, 6.07) is 9.76. The number of benzene rings is 1. The molecule has 0 bridgehead atoms. The van der Waals surface area contributed by atoms with Gasteiger partial charge >= 0.3 is 0 Å². The molecule has 2 aliphatic heterocycles. The maximum Gasteiger partial charge on any atom is 0.193 e. The number of aromatic nitrogens is 1. The van der Waals surface area contributed by atoms with Crippen molar-refractivity contribution in [2.75, 3.05) is 56.7 Å². The summed E-state index contributed by atoms with van der Waals surface area (Å²) in [6.07, 6.45) is 2.72. The topological polar surface area (TPSA) is 88.2 Å². The molecule has 1 fully saturated rings. The summed E-state index contributed by atoms with van der Waals surface area (Å²) >= 11 is 0. The van der Waals surface area contributed by atoms with Crippen LogP contribution < -0.4 is 25.4 Å². The van der Waals surface area contributed by atoms with Gasteiger partial charge in [0.1, 0.15) is 5.82 Å². The number of rotatable bonds is 4. The molecule has 3 heterocycles. The van der Waals surface area contributed by atoms with E-state index in [9.17, 15) is 0 Å². The smallest absolute Gasteiger partial charge is 0.193 e. The second kappa shape index (κ2) is 9.00. The van der Waals surface area contributed by atoms with Gasteiger partial charge in [0.25, 0.3) is 0 Å². The monoisotopic (exact) mass is 396 g/mol. The van der Waals surface area contributed by atoms with E-state index in [1.807, 2.05) is 30.5 Å². The second-order valence-corrected chi connectivity index (χ2v) is 7.35. The van der Waals surface area contributed by atoms with Crippen molar-refractivity contribution in [1.82, 2.24) is 9.88 Å². The Hall–Kier alpha value is -3.00. The first-order chi connectivity index (χ1) is 14.2. The molecule has 8 nitrogen and oxygen atoms in total.